The van der Waals surface area contributed by atoms with E-state index in [0.29, 0.717) is 14.8 Å². The van der Waals surface area contributed by atoms with Gasteiger partial charge in [-0.3, -0.25) is 0 Å². The molecular weight excluding hydrogens is 328 g/mol. The van der Waals surface area contributed by atoms with Gasteiger partial charge < -0.3 is 5.73 Å². The van der Waals surface area contributed by atoms with Gasteiger partial charge in [-0.05, 0) is 36.1 Å². The van der Waals surface area contributed by atoms with Crippen LogP contribution in [0.15, 0.2) is 40.6 Å². The Morgan fingerprint density at radius 3 is 2.48 bits per heavy atom. The normalized spacial score (nSPS) is 13.6. The van der Waals surface area contributed by atoms with Crippen molar-refractivity contribution in [3.05, 3.63) is 51.2 Å². The maximum Gasteiger partial charge on any atom is 0.244 e. The highest BCUT2D eigenvalue weighted by Gasteiger charge is 2.28. The minimum Gasteiger partial charge on any atom is -0.326 e. The molecule has 0 bridgehead atoms. The van der Waals surface area contributed by atoms with Gasteiger partial charge in [0.1, 0.15) is 0 Å². The van der Waals surface area contributed by atoms with Gasteiger partial charge in [-0.15, -0.1) is 11.3 Å². The first-order valence-electron chi connectivity index (χ1n) is 6.38. The summed E-state index contributed by atoms with van der Waals surface area (Å²) in [7, 11) is -1.99. The summed E-state index contributed by atoms with van der Waals surface area (Å²) in [6.07, 6.45) is 0. The van der Waals surface area contributed by atoms with E-state index in [1.165, 1.54) is 15.6 Å². The number of nitrogens with two attached hydrogens (primary N) is 1. The van der Waals surface area contributed by atoms with E-state index in [0.717, 1.165) is 5.56 Å². The minimum absolute atomic E-state index is 0.218. The fraction of sp³-hybridized carbons (Fsp3) is 0.286. The van der Waals surface area contributed by atoms with Gasteiger partial charge in [-0.1, -0.05) is 23.7 Å². The summed E-state index contributed by atoms with van der Waals surface area (Å²) in [6.45, 7) is 2.06. The van der Waals surface area contributed by atoms with E-state index in [4.69, 9.17) is 17.3 Å². The van der Waals surface area contributed by atoms with Crippen molar-refractivity contribution in [1.29, 1.82) is 0 Å². The van der Waals surface area contributed by atoms with Crippen LogP contribution in [-0.2, 0) is 16.6 Å². The number of sulfonamides is 1. The van der Waals surface area contributed by atoms with E-state index in [1.54, 1.807) is 30.6 Å². The summed E-state index contributed by atoms with van der Waals surface area (Å²) in [6, 6.07) is 8.48. The van der Waals surface area contributed by atoms with Gasteiger partial charge in [0.2, 0.25) is 10.0 Å². The van der Waals surface area contributed by atoms with E-state index in [-0.39, 0.29) is 12.6 Å². The van der Waals surface area contributed by atoms with Gasteiger partial charge in [0.25, 0.3) is 0 Å². The minimum atomic E-state index is -3.57. The van der Waals surface area contributed by atoms with Crippen molar-refractivity contribution in [3.63, 3.8) is 0 Å². The summed E-state index contributed by atoms with van der Waals surface area (Å²) in [5, 5.41) is 2.37. The molecule has 2 aromatic rings. The molecule has 0 spiro atoms. The Hall–Kier alpha value is -0.920. The van der Waals surface area contributed by atoms with Crippen molar-refractivity contribution in [2.24, 2.45) is 5.73 Å². The molecule has 1 aromatic carbocycles. The quantitative estimate of drug-likeness (QED) is 0.905. The predicted molar refractivity (Wildman–Crippen MR) is 87.0 cm³/mol. The first-order chi connectivity index (χ1) is 9.87. The molecule has 7 heteroatoms. The second-order valence-electron chi connectivity index (χ2n) is 4.66. The molecule has 0 fully saturated rings. The molecule has 1 aromatic heterocycles. The third kappa shape index (κ3) is 3.30. The molecule has 1 atom stereocenters. The Morgan fingerprint density at radius 2 is 1.90 bits per heavy atom. The second kappa shape index (κ2) is 6.46. The number of rotatable bonds is 5. The van der Waals surface area contributed by atoms with Crippen LogP contribution in [0.25, 0.3) is 0 Å². The van der Waals surface area contributed by atoms with Crippen LogP contribution >= 0.6 is 22.9 Å². The maximum absolute atomic E-state index is 12.7. The Labute approximate surface area is 134 Å². The Morgan fingerprint density at radius 1 is 1.29 bits per heavy atom. The highest BCUT2D eigenvalue weighted by molar-refractivity contribution is 7.89. The second-order valence-corrected chi connectivity index (χ2v) is 8.06. The predicted octanol–water partition coefficient (Wildman–Crippen LogP) is 3.24. The monoisotopic (exact) mass is 344 g/mol. The smallest absolute Gasteiger partial charge is 0.244 e. The molecule has 1 heterocycles. The molecule has 21 heavy (non-hydrogen) atoms. The zero-order valence-electron chi connectivity index (χ0n) is 11.8. The number of hydrogen-bond acceptors (Lipinski definition) is 4. The number of halogens is 1. The molecule has 114 valence electrons. The summed E-state index contributed by atoms with van der Waals surface area (Å²) in [4.78, 5) is 0.962. The highest BCUT2D eigenvalue weighted by atomic mass is 35.5. The molecule has 2 N–H and O–H groups in total. The average molecular weight is 345 g/mol. The first kappa shape index (κ1) is 16.5. The van der Waals surface area contributed by atoms with Crippen LogP contribution in [0, 0.1) is 0 Å². The highest BCUT2D eigenvalue weighted by Crippen LogP contribution is 2.30. The molecular formula is C14H17ClN2O2S2. The van der Waals surface area contributed by atoms with Crippen LogP contribution in [0.4, 0.5) is 0 Å². The Kier molecular flexibility index (Phi) is 5.06. The van der Waals surface area contributed by atoms with Crippen molar-refractivity contribution < 1.29 is 8.42 Å². The maximum atomic E-state index is 12.7. The average Bonchev–Trinajstić information content (AvgIpc) is 2.95. The van der Waals surface area contributed by atoms with E-state index in [9.17, 15) is 8.42 Å². The van der Waals surface area contributed by atoms with Crippen molar-refractivity contribution in [2.45, 2.75) is 24.4 Å². The third-order valence-corrected chi connectivity index (χ3v) is 6.78. The van der Waals surface area contributed by atoms with Gasteiger partial charge in [-0.2, -0.15) is 4.31 Å². The van der Waals surface area contributed by atoms with Crippen LogP contribution in [0.2, 0.25) is 5.02 Å². The lowest BCUT2D eigenvalue weighted by Gasteiger charge is -2.24. The number of benzene rings is 1. The van der Waals surface area contributed by atoms with E-state index in [2.05, 4.69) is 0 Å². The lowest BCUT2D eigenvalue weighted by atomic mass is 10.1. The van der Waals surface area contributed by atoms with Crippen LogP contribution in [0.1, 0.15) is 23.4 Å². The fourth-order valence-electron chi connectivity index (χ4n) is 2.02. The summed E-state index contributed by atoms with van der Waals surface area (Å²) in [5.41, 5.74) is 6.49. The standard InChI is InChI=1S/C14H17ClN2O2S2/c1-10(11-3-5-12(15)6-4-11)17(2)21(18,19)14-7-8-20-13(14)9-16/h3-8,10H,9,16H2,1-2H3. The fourth-order valence-corrected chi connectivity index (χ4v) is 4.80. The molecule has 0 amide bonds. The zero-order valence-corrected chi connectivity index (χ0v) is 14.2. The van der Waals surface area contributed by atoms with Crippen molar-refractivity contribution in [2.75, 3.05) is 7.05 Å². The summed E-state index contributed by atoms with van der Waals surface area (Å²) < 4.78 is 26.8. The number of hydrogen-bond donors (Lipinski definition) is 1. The Bertz CT molecular complexity index is 711. The summed E-state index contributed by atoms with van der Waals surface area (Å²) >= 11 is 7.22. The van der Waals surface area contributed by atoms with Crippen molar-refractivity contribution >= 4 is 33.0 Å². The summed E-state index contributed by atoms with van der Waals surface area (Å²) in [5.74, 6) is 0. The molecule has 0 radical (unpaired) electrons. The molecule has 0 aliphatic carbocycles. The molecule has 0 saturated carbocycles. The largest absolute Gasteiger partial charge is 0.326 e. The van der Waals surface area contributed by atoms with Gasteiger partial charge in [0.15, 0.2) is 0 Å². The Balaban J connectivity index is 2.34. The molecule has 1 unspecified atom stereocenters. The van der Waals surface area contributed by atoms with E-state index < -0.39 is 10.0 Å². The molecule has 0 aliphatic rings. The van der Waals surface area contributed by atoms with Gasteiger partial charge in [0, 0.05) is 29.5 Å². The van der Waals surface area contributed by atoms with Crippen LogP contribution in [0.5, 0.6) is 0 Å². The van der Waals surface area contributed by atoms with Gasteiger partial charge >= 0.3 is 0 Å². The van der Waals surface area contributed by atoms with Crippen LogP contribution < -0.4 is 5.73 Å². The van der Waals surface area contributed by atoms with Gasteiger partial charge in [-0.25, -0.2) is 8.42 Å². The topological polar surface area (TPSA) is 63.4 Å². The molecule has 0 aliphatic heterocycles. The lowest BCUT2D eigenvalue weighted by molar-refractivity contribution is 0.398. The molecule has 0 saturated heterocycles. The van der Waals surface area contributed by atoms with Crippen molar-refractivity contribution in [3.8, 4) is 0 Å². The number of thiophene rings is 1. The molecule has 2 rings (SSSR count). The first-order valence-corrected chi connectivity index (χ1v) is 9.07. The van der Waals surface area contributed by atoms with Gasteiger partial charge in [0.05, 0.1) is 4.90 Å². The lowest BCUT2D eigenvalue weighted by Crippen LogP contribution is -2.30. The van der Waals surface area contributed by atoms with Crippen molar-refractivity contribution in [1.82, 2.24) is 4.31 Å². The number of nitrogens with zero attached hydrogens (tertiary/aromatic N) is 1. The van der Waals surface area contributed by atoms with Crippen LogP contribution in [-0.4, -0.2) is 19.8 Å². The molecule has 4 nitrogen and oxygen atoms in total. The SMILES string of the molecule is CC(c1ccc(Cl)cc1)N(C)S(=O)(=O)c1ccsc1CN. The van der Waals surface area contributed by atoms with Crippen LogP contribution in [0.3, 0.4) is 0 Å². The zero-order chi connectivity index (χ0) is 15.6. The third-order valence-electron chi connectivity index (χ3n) is 3.44. The van der Waals surface area contributed by atoms with E-state index >= 15 is 0 Å². The van der Waals surface area contributed by atoms with E-state index in [1.807, 2.05) is 19.1 Å².